The number of nitrogens with zero attached hydrogens (tertiary/aromatic N) is 2. The largest absolute Gasteiger partial charge is 0.269 e. The van der Waals surface area contributed by atoms with Crippen LogP contribution in [0.15, 0.2) is 231 Å². The molecule has 0 spiro atoms. The monoisotopic (exact) mass is 930 g/mol. The van der Waals surface area contributed by atoms with Gasteiger partial charge in [0.15, 0.2) is 0 Å². The van der Waals surface area contributed by atoms with Gasteiger partial charge in [-0.15, -0.1) is 0 Å². The Morgan fingerprint density at radius 1 is 0.278 bits per heavy atom. The van der Waals surface area contributed by atoms with Gasteiger partial charge in [0.1, 0.15) is 0 Å². The highest BCUT2D eigenvalue weighted by Gasteiger charge is 2.37. The van der Waals surface area contributed by atoms with E-state index in [2.05, 4.69) is 12.1 Å². The molecule has 0 saturated heterocycles. The quantitative estimate of drug-likeness (QED) is 0.112. The van der Waals surface area contributed by atoms with Gasteiger partial charge in [-0.1, -0.05) is 206 Å². The maximum atomic E-state index is 15.9. The van der Waals surface area contributed by atoms with Crippen LogP contribution in [-0.4, -0.2) is 33.4 Å². The third-order valence-corrected chi connectivity index (χ3v) is 14.6. The topological polar surface area (TPSA) is 74.8 Å². The lowest BCUT2D eigenvalue weighted by Crippen LogP contribution is -2.40. The first-order chi connectivity index (χ1) is 35.3. The molecule has 0 radical (unpaired) electrons. The SMILES string of the molecule is C[C@@H](c1cccc2ccccc12)N(C(=O)c1c2ccccc2cc2ccccc12)C(=O)c1ccc(C(=O)N(C(=O)c2c3ccccc3cc3ccccc23)[C@@H](C)c2cccc3ccccc23)c2ccccc12. The summed E-state index contributed by atoms with van der Waals surface area (Å²) in [5, 5.41) is 11.2. The Bertz CT molecular complexity index is 3820. The molecule has 0 unspecified atom stereocenters. The summed E-state index contributed by atoms with van der Waals surface area (Å²) in [5.41, 5.74) is 2.97. The molecular weight excluding hydrogens is 885 g/mol. The molecule has 12 aromatic rings. The van der Waals surface area contributed by atoms with Crippen LogP contribution >= 0.6 is 0 Å². The molecule has 6 nitrogen and oxygen atoms in total. The minimum Gasteiger partial charge on any atom is -0.269 e. The minimum absolute atomic E-state index is 0.243. The molecule has 0 heterocycles. The van der Waals surface area contributed by atoms with Crippen LogP contribution in [0.5, 0.6) is 0 Å². The molecule has 0 aliphatic rings. The van der Waals surface area contributed by atoms with Crippen molar-refractivity contribution in [3.8, 4) is 0 Å². The van der Waals surface area contributed by atoms with E-state index in [1.165, 1.54) is 9.80 Å². The molecule has 72 heavy (non-hydrogen) atoms. The van der Waals surface area contributed by atoms with Crippen LogP contribution in [0.25, 0.3) is 75.4 Å². The summed E-state index contributed by atoms with van der Waals surface area (Å²) in [6.07, 6.45) is 0. The Hall–Kier alpha value is -9.26. The fourth-order valence-electron chi connectivity index (χ4n) is 11.1. The van der Waals surface area contributed by atoms with E-state index in [-0.39, 0.29) is 11.1 Å². The lowest BCUT2D eigenvalue weighted by Gasteiger charge is -2.31. The number of carbonyl (C=O) groups is 4. The molecule has 0 aromatic heterocycles. The van der Waals surface area contributed by atoms with Crippen LogP contribution in [0.4, 0.5) is 0 Å². The summed E-state index contributed by atoms with van der Waals surface area (Å²) in [5.74, 6) is -1.93. The van der Waals surface area contributed by atoms with Crippen molar-refractivity contribution in [3.63, 3.8) is 0 Å². The van der Waals surface area contributed by atoms with Crippen LogP contribution in [0.2, 0.25) is 0 Å². The van der Waals surface area contributed by atoms with Crippen LogP contribution in [0, 0.1) is 0 Å². The standard InChI is InChI=1S/C66H46N2O4/c1-41(49-35-17-25-43-19-3-9-27-51(43)49)67(65(71)61-53-29-11-5-21-45(53)39-46-22-6-12-30-54(46)61)63(69)59-37-38-60(58-34-16-15-33-57(58)59)64(70)68(42(2)50-36-18-26-44-20-4-10-28-52(44)50)66(72)62-55-31-13-7-23-47(55)40-48-24-8-14-32-56(48)62/h3-42H,1-2H3/t41-,42-/m0/s1. The molecule has 0 aliphatic carbocycles. The van der Waals surface area contributed by atoms with E-state index in [0.29, 0.717) is 21.9 Å². The maximum Gasteiger partial charge on any atom is 0.262 e. The van der Waals surface area contributed by atoms with E-state index in [9.17, 15) is 0 Å². The fourth-order valence-corrected chi connectivity index (χ4v) is 11.1. The molecule has 0 aliphatic heterocycles. The van der Waals surface area contributed by atoms with Crippen LogP contribution < -0.4 is 0 Å². The van der Waals surface area contributed by atoms with Gasteiger partial charge in [0.05, 0.1) is 23.2 Å². The van der Waals surface area contributed by atoms with Gasteiger partial charge in [-0.3, -0.25) is 29.0 Å². The smallest absolute Gasteiger partial charge is 0.262 e. The van der Waals surface area contributed by atoms with Gasteiger partial charge in [0.25, 0.3) is 23.6 Å². The zero-order valence-corrected chi connectivity index (χ0v) is 39.6. The summed E-state index contributed by atoms with van der Waals surface area (Å²) in [6, 6.07) is 72.3. The first kappa shape index (κ1) is 44.0. The second-order valence-electron chi connectivity index (χ2n) is 18.5. The molecule has 4 amide bonds. The highest BCUT2D eigenvalue weighted by Crippen LogP contribution is 2.39. The van der Waals surface area contributed by atoms with E-state index in [0.717, 1.165) is 75.8 Å². The zero-order valence-electron chi connectivity index (χ0n) is 39.6. The average Bonchev–Trinajstić information content (AvgIpc) is 3.42. The molecular formula is C66H46N2O4. The van der Waals surface area contributed by atoms with Crippen LogP contribution in [0.1, 0.15) is 78.5 Å². The zero-order chi connectivity index (χ0) is 49.0. The van der Waals surface area contributed by atoms with Gasteiger partial charge in [0.2, 0.25) is 0 Å². The Morgan fingerprint density at radius 3 is 0.875 bits per heavy atom. The van der Waals surface area contributed by atoms with E-state index in [1.807, 2.05) is 220 Å². The number of carbonyl (C=O) groups excluding carboxylic acids is 4. The van der Waals surface area contributed by atoms with Crippen LogP contribution in [0.3, 0.4) is 0 Å². The van der Waals surface area contributed by atoms with Crippen LogP contribution in [-0.2, 0) is 0 Å². The van der Waals surface area contributed by atoms with Crippen molar-refractivity contribution in [1.29, 1.82) is 0 Å². The van der Waals surface area contributed by atoms with Crippen molar-refractivity contribution in [2.75, 3.05) is 0 Å². The van der Waals surface area contributed by atoms with Crippen molar-refractivity contribution in [2.45, 2.75) is 25.9 Å². The number of benzene rings is 12. The molecule has 344 valence electrons. The molecule has 12 rings (SSSR count). The van der Waals surface area contributed by atoms with Gasteiger partial charge in [0, 0.05) is 11.1 Å². The number of hydrogen-bond donors (Lipinski definition) is 0. The number of amides is 4. The molecule has 0 saturated carbocycles. The molecule has 2 atom stereocenters. The summed E-state index contributed by atoms with van der Waals surface area (Å²) in [7, 11) is 0. The molecule has 0 bridgehead atoms. The first-order valence-electron chi connectivity index (χ1n) is 24.3. The first-order valence-corrected chi connectivity index (χ1v) is 24.3. The Kier molecular flexibility index (Phi) is 10.9. The predicted octanol–water partition coefficient (Wildman–Crippen LogP) is 15.8. The Balaban J connectivity index is 1.04. The third-order valence-electron chi connectivity index (χ3n) is 14.6. The van der Waals surface area contributed by atoms with E-state index >= 15 is 19.2 Å². The van der Waals surface area contributed by atoms with Crippen molar-refractivity contribution in [3.05, 3.63) is 264 Å². The molecule has 0 fully saturated rings. The maximum absolute atomic E-state index is 15.9. The highest BCUT2D eigenvalue weighted by atomic mass is 16.2. The predicted molar refractivity (Wildman–Crippen MR) is 293 cm³/mol. The van der Waals surface area contributed by atoms with E-state index < -0.39 is 35.7 Å². The second-order valence-corrected chi connectivity index (χ2v) is 18.5. The fraction of sp³-hybridized carbons (Fsp3) is 0.0606. The van der Waals surface area contributed by atoms with E-state index in [1.54, 1.807) is 12.1 Å². The van der Waals surface area contributed by atoms with Gasteiger partial charge < -0.3 is 0 Å². The van der Waals surface area contributed by atoms with Gasteiger partial charge in [-0.05, 0) is 125 Å². The van der Waals surface area contributed by atoms with Gasteiger partial charge >= 0.3 is 0 Å². The van der Waals surface area contributed by atoms with Crippen molar-refractivity contribution in [1.82, 2.24) is 9.80 Å². The lowest BCUT2D eigenvalue weighted by molar-refractivity contribution is 0.0542. The summed E-state index contributed by atoms with van der Waals surface area (Å²) in [6.45, 7) is 3.81. The van der Waals surface area contributed by atoms with Crippen molar-refractivity contribution in [2.24, 2.45) is 0 Å². The molecule has 12 aromatic carbocycles. The summed E-state index contributed by atoms with van der Waals surface area (Å²) < 4.78 is 0. The average molecular weight is 931 g/mol. The van der Waals surface area contributed by atoms with Crippen molar-refractivity contribution >= 4 is 99.0 Å². The lowest BCUT2D eigenvalue weighted by atomic mass is 9.92. The van der Waals surface area contributed by atoms with Gasteiger partial charge in [-0.25, -0.2) is 0 Å². The third kappa shape index (κ3) is 7.26. The molecule has 0 N–H and O–H groups in total. The Labute approximate surface area is 416 Å². The minimum atomic E-state index is -0.737. The number of imide groups is 2. The Morgan fingerprint density at radius 2 is 0.542 bits per heavy atom. The normalized spacial score (nSPS) is 12.4. The summed E-state index contributed by atoms with van der Waals surface area (Å²) >= 11 is 0. The highest BCUT2D eigenvalue weighted by molar-refractivity contribution is 6.27. The van der Waals surface area contributed by atoms with Crippen molar-refractivity contribution < 1.29 is 19.2 Å². The molecule has 6 heteroatoms. The van der Waals surface area contributed by atoms with E-state index in [4.69, 9.17) is 0 Å². The second kappa shape index (κ2) is 17.9. The van der Waals surface area contributed by atoms with Gasteiger partial charge in [-0.2, -0.15) is 0 Å². The number of fused-ring (bicyclic) bond motifs is 7. The number of rotatable bonds is 8. The summed E-state index contributed by atoms with van der Waals surface area (Å²) in [4.78, 5) is 66.3. The number of hydrogen-bond acceptors (Lipinski definition) is 4.